The van der Waals surface area contributed by atoms with Crippen LogP contribution in [0, 0.1) is 40.5 Å². The van der Waals surface area contributed by atoms with Crippen LogP contribution >= 0.6 is 31.9 Å². The van der Waals surface area contributed by atoms with E-state index in [1.165, 1.54) is 79.4 Å². The summed E-state index contributed by atoms with van der Waals surface area (Å²) < 4.78 is 40.0. The lowest BCUT2D eigenvalue weighted by atomic mass is 9.98. The van der Waals surface area contributed by atoms with Crippen molar-refractivity contribution in [2.24, 2.45) is 0 Å². The van der Waals surface area contributed by atoms with Crippen LogP contribution in [0.25, 0.3) is 0 Å². The van der Waals surface area contributed by atoms with Crippen LogP contribution in [0.2, 0.25) is 0 Å². The van der Waals surface area contributed by atoms with E-state index in [0.717, 1.165) is 195 Å². The van der Waals surface area contributed by atoms with Crippen LogP contribution in [-0.4, -0.2) is 141 Å². The molecular formula is C115H132Br2N6O24. The van der Waals surface area contributed by atoms with Gasteiger partial charge in [-0.2, -0.15) is 0 Å². The number of fused-ring (bicyclic) bond motifs is 7. The lowest BCUT2D eigenvalue weighted by molar-refractivity contribution is -0.385. The molecule has 3 aliphatic heterocycles. The Morgan fingerprint density at radius 3 is 1.03 bits per heavy atom. The number of non-ortho nitro benzene ring substituents is 3. The first-order valence-electron chi connectivity index (χ1n) is 50.4. The Kier molecular flexibility index (Phi) is 46.0. The van der Waals surface area contributed by atoms with Gasteiger partial charge >= 0.3 is 6.09 Å². The standard InChI is InChI=1S/C21H23NO4.C14H18O2.C13H15NO4.C13H17NO2.3C11H11NO3.C11H12O.C8H8Br2.C2H6O2/c23-20(24-15-16-4-2-1-3-5-16)22-19-7-6-17-8-10-21(25-12-13-26-21)11-9-18(17)14-19;1-11(15)7-9-13-5-3-4-6-14(13)10-8-12(2)16;15-14(16)12-2-1-10-3-5-13(17-7-8-18-13)6-4-11(10)9-12;14-12-2-1-10-3-5-13(15-7-8-16-13)6-4-11(10)9-12;2*13-11-5-2-8-1-4-10(12(14)15)7-9(8)3-6-11;13-9-5-4-8-2-1-3-11(12(14)15)10(8)7-6-9;12-11-7-5-9-3-1-2-4-10(9)6-8-11;9-5-7-3-1-2-4-8(7)6-10;3-1-2-4/h1-7,14H,8-13,15H2,(H,22,23);3-6H,7-10H2,1-2H3;1-2,9H,3-8H2;1-2,9H,3-8,14H2;2*1,4,7H,2-3,5-6H2;1-3H,4-7H2;1-4H,5-8H2;1-4H,5-6H2;3-4H,1-2H2. The van der Waals surface area contributed by atoms with Gasteiger partial charge in [0, 0.05) is 173 Å². The molecule has 20 rings (SSSR count). The molecule has 0 bridgehead atoms. The minimum Gasteiger partial charge on any atom is -0.444 e. The second-order valence-electron chi connectivity index (χ2n) is 37.4. The number of aliphatic hydroxyl groups is 2. The molecule has 5 N–H and O–H groups in total. The van der Waals surface area contributed by atoms with Crippen molar-refractivity contribution < 1.29 is 96.6 Å². The third-order valence-electron chi connectivity index (χ3n) is 27.2. The van der Waals surface area contributed by atoms with Gasteiger partial charge in [0.1, 0.15) is 41.3 Å². The predicted molar refractivity (Wildman–Crippen MR) is 567 cm³/mol. The molecule has 147 heavy (non-hydrogen) atoms. The lowest BCUT2D eigenvalue weighted by Crippen LogP contribution is -2.30. The SMILES string of the molecule is BrCc1ccccc1CBr.CC(=O)CCc1ccccc1CCC(C)=O.Nc1ccc2c(c1)CCC1(CC2)OCCO1.O=C(Nc1ccc2c(c1)CCC1(CC2)OCCO1)OCc1ccccc1.O=C1CCc2ccc([N+](=O)[O-])cc2CC1.O=C1CCc2ccc([N+](=O)[O-])cc2CC1.O=C1CCc2cccc([N+](=O)[O-])c2CC1.O=C1CCc2ccccc2CC1.O=[N+]([O-])c1ccc2c(c1)CCC1(CC2)OCCO1.OCCO. The molecule has 3 fully saturated rings. The maximum absolute atomic E-state index is 12.1. The van der Waals surface area contributed by atoms with Gasteiger partial charge in [0.25, 0.3) is 22.7 Å². The minimum atomic E-state index is -0.451. The Bertz CT molecular complexity index is 5980. The van der Waals surface area contributed by atoms with Crippen LogP contribution < -0.4 is 11.1 Å². The number of nitro benzene ring substituents is 4. The van der Waals surface area contributed by atoms with E-state index < -0.39 is 27.5 Å². The second-order valence-corrected chi connectivity index (χ2v) is 38.5. The monoisotopic (exact) mass is 2140 g/mol. The Hall–Kier alpha value is -12.5. The molecule has 7 aliphatic carbocycles. The predicted octanol–water partition coefficient (Wildman–Crippen LogP) is 21.6. The highest BCUT2D eigenvalue weighted by Gasteiger charge is 2.41. The van der Waals surface area contributed by atoms with E-state index in [2.05, 4.69) is 104 Å². The molecule has 0 unspecified atom stereocenters. The average molecular weight is 2140 g/mol. The summed E-state index contributed by atoms with van der Waals surface area (Å²) >= 11 is 6.86. The largest absolute Gasteiger partial charge is 0.444 e. The van der Waals surface area contributed by atoms with Gasteiger partial charge < -0.3 is 58.7 Å². The molecule has 3 saturated heterocycles. The number of benzene rings is 10. The van der Waals surface area contributed by atoms with E-state index in [1.54, 1.807) is 56.3 Å². The van der Waals surface area contributed by atoms with Crippen LogP contribution in [0.5, 0.6) is 0 Å². The van der Waals surface area contributed by atoms with Crippen LogP contribution in [0.3, 0.4) is 0 Å². The highest BCUT2D eigenvalue weighted by Crippen LogP contribution is 2.40. The van der Waals surface area contributed by atoms with E-state index in [4.69, 9.17) is 49.1 Å². The zero-order valence-electron chi connectivity index (χ0n) is 83.6. The molecule has 0 saturated carbocycles. The number of carbonyl (C=O) groups is 7. The van der Waals surface area contributed by atoms with E-state index in [9.17, 15) is 74.0 Å². The number of hydrogen-bond acceptors (Lipinski definition) is 25. The molecule has 32 heteroatoms. The molecule has 10 aromatic carbocycles. The molecule has 0 radical (unpaired) electrons. The van der Waals surface area contributed by atoms with Crippen LogP contribution in [0.15, 0.2) is 212 Å². The molecule has 10 aliphatic rings. The number of nitrogens with two attached hydrogens (primary N) is 1. The number of rotatable bonds is 16. The fourth-order valence-electron chi connectivity index (χ4n) is 19.0. The molecule has 30 nitrogen and oxygen atoms in total. The highest BCUT2D eigenvalue weighted by molar-refractivity contribution is 9.09. The van der Waals surface area contributed by atoms with Crippen molar-refractivity contribution in [1.29, 1.82) is 0 Å². The number of nitrogens with one attached hydrogen (secondary N) is 1. The van der Waals surface area contributed by atoms with Crippen molar-refractivity contribution in [3.63, 3.8) is 0 Å². The molecule has 3 spiro atoms. The van der Waals surface area contributed by atoms with Crippen LogP contribution in [0.4, 0.5) is 38.9 Å². The minimum absolute atomic E-state index is 0.114. The zero-order valence-corrected chi connectivity index (χ0v) is 86.8. The first-order chi connectivity index (χ1) is 70.9. The normalized spacial score (nSPS) is 16.5. The summed E-state index contributed by atoms with van der Waals surface area (Å²) in [6.45, 7) is 7.35. The number of anilines is 2. The summed E-state index contributed by atoms with van der Waals surface area (Å²) in [6, 6.07) is 66.6. The van der Waals surface area contributed by atoms with Crippen molar-refractivity contribution >= 4 is 107 Å². The molecular weight excluding hydrogens is 2010 g/mol. The number of aliphatic hydroxyl groups excluding tert-OH is 2. The maximum atomic E-state index is 12.1. The second kappa shape index (κ2) is 58.9. The number of nitrogen functional groups attached to an aromatic ring is 1. The number of amides is 1. The number of ether oxygens (including phenoxy) is 7. The van der Waals surface area contributed by atoms with Crippen molar-refractivity contribution in [2.75, 3.05) is 63.9 Å². The summed E-state index contributed by atoms with van der Waals surface area (Å²) in [7, 11) is 0. The summed E-state index contributed by atoms with van der Waals surface area (Å²) in [5, 5.41) is 62.7. The first-order valence-corrected chi connectivity index (χ1v) is 52.6. The molecule has 0 aromatic heterocycles. The van der Waals surface area contributed by atoms with Gasteiger partial charge in [-0.1, -0.05) is 177 Å². The van der Waals surface area contributed by atoms with E-state index in [0.29, 0.717) is 122 Å². The number of halogens is 2. The van der Waals surface area contributed by atoms with E-state index >= 15 is 0 Å². The Morgan fingerprint density at radius 2 is 0.653 bits per heavy atom. The smallest absolute Gasteiger partial charge is 0.411 e. The van der Waals surface area contributed by atoms with Gasteiger partial charge in [-0.05, 0) is 241 Å². The zero-order chi connectivity index (χ0) is 105. The number of ketones is 6. The molecule has 10 aromatic rings. The van der Waals surface area contributed by atoms with Gasteiger partial charge in [0.2, 0.25) is 0 Å². The van der Waals surface area contributed by atoms with E-state index in [1.807, 2.05) is 84.9 Å². The molecule has 3 heterocycles. The fraction of sp³-hybridized carbons (Fsp3) is 0.417. The molecule has 780 valence electrons. The molecule has 0 atom stereocenters. The van der Waals surface area contributed by atoms with Crippen LogP contribution in [0.1, 0.15) is 222 Å². The van der Waals surface area contributed by atoms with Crippen molar-refractivity contribution in [3.05, 3.63) is 358 Å². The maximum Gasteiger partial charge on any atom is 0.411 e. The number of carbonyl (C=O) groups excluding carboxylic acids is 7. The average Bonchev–Trinajstić information content (AvgIpc) is 1.66. The van der Waals surface area contributed by atoms with Gasteiger partial charge in [0.15, 0.2) is 17.4 Å². The number of hydrogen-bond donors (Lipinski definition) is 4. The van der Waals surface area contributed by atoms with Gasteiger partial charge in [0.05, 0.1) is 72.5 Å². The Labute approximate surface area is 874 Å². The van der Waals surface area contributed by atoms with Crippen LogP contribution in [-0.2, 0) is 182 Å². The third-order valence-corrected chi connectivity index (χ3v) is 28.4. The topological polar surface area (TPSA) is 435 Å². The number of aryl methyl sites for hydroxylation is 15. The Balaban J connectivity index is 0.000000158. The Morgan fingerprint density at radius 1 is 0.347 bits per heavy atom. The highest BCUT2D eigenvalue weighted by atomic mass is 79.9. The summed E-state index contributed by atoms with van der Waals surface area (Å²) in [6.07, 6.45) is 23.2. The van der Waals surface area contributed by atoms with Crippen molar-refractivity contribution in [3.8, 4) is 0 Å². The number of nitrogens with zero attached hydrogens (tertiary/aromatic N) is 4. The van der Waals surface area contributed by atoms with Crippen molar-refractivity contribution in [2.45, 2.75) is 254 Å². The fourth-order valence-corrected chi connectivity index (χ4v) is 20.1. The lowest BCUT2D eigenvalue weighted by Gasteiger charge is -2.25. The van der Waals surface area contributed by atoms with Crippen molar-refractivity contribution in [1.82, 2.24) is 0 Å². The first kappa shape index (κ1) is 115. The third kappa shape index (κ3) is 36.8. The number of nitro groups is 4. The summed E-state index contributed by atoms with van der Waals surface area (Å²) in [4.78, 5) is 120. The number of Topliss-reactive ketones (excluding diaryl/α,β-unsaturated/α-hetero) is 6. The van der Waals surface area contributed by atoms with Gasteiger partial charge in [-0.3, -0.25) is 65.0 Å². The summed E-state index contributed by atoms with van der Waals surface area (Å²) in [5.41, 5.74) is 30.0. The quantitative estimate of drug-likeness (QED) is 0.0229. The van der Waals surface area contributed by atoms with Gasteiger partial charge in [-0.15, -0.1) is 0 Å². The summed E-state index contributed by atoms with van der Waals surface area (Å²) in [5.74, 6) is 0.333. The van der Waals surface area contributed by atoms with E-state index in [-0.39, 0.29) is 87.1 Å². The molecule has 1 amide bonds. The van der Waals surface area contributed by atoms with Gasteiger partial charge in [-0.25, -0.2) is 4.79 Å². The number of alkyl halides is 2.